The number of carbonyl (C=O) groups is 1. The molecule has 3 heteroatoms. The second-order valence-corrected chi connectivity index (χ2v) is 7.24. The molecule has 0 aromatic heterocycles. The molecule has 30 heavy (non-hydrogen) atoms. The lowest BCUT2D eigenvalue weighted by atomic mass is 9.96. The van der Waals surface area contributed by atoms with Crippen molar-refractivity contribution in [1.82, 2.24) is 0 Å². The number of para-hydroxylation sites is 1. The van der Waals surface area contributed by atoms with Gasteiger partial charge in [0.15, 0.2) is 0 Å². The monoisotopic (exact) mass is 389 g/mol. The summed E-state index contributed by atoms with van der Waals surface area (Å²) in [7, 11) is 0. The van der Waals surface area contributed by atoms with Crippen LogP contribution in [0.25, 0.3) is 32.7 Å². The molecular weight excluding hydrogens is 370 g/mol. The van der Waals surface area contributed by atoms with Crippen LogP contribution in [0.1, 0.15) is 10.4 Å². The van der Waals surface area contributed by atoms with Gasteiger partial charge < -0.3 is 10.4 Å². The Hall–Kier alpha value is -4.11. The predicted octanol–water partition coefficient (Wildman–Crippen LogP) is 6.62. The maximum Gasteiger partial charge on any atom is 0.255 e. The Kier molecular flexibility index (Phi) is 4.41. The molecule has 0 radical (unpaired) electrons. The van der Waals surface area contributed by atoms with E-state index >= 15 is 0 Å². The van der Waals surface area contributed by atoms with Gasteiger partial charge in [-0.15, -0.1) is 0 Å². The number of aromatic hydroxyl groups is 1. The van der Waals surface area contributed by atoms with Crippen molar-refractivity contribution in [3.05, 3.63) is 109 Å². The molecule has 0 saturated carbocycles. The molecule has 0 saturated heterocycles. The summed E-state index contributed by atoms with van der Waals surface area (Å²) in [6.07, 6.45) is 0. The summed E-state index contributed by atoms with van der Waals surface area (Å²) in [4.78, 5) is 13.0. The molecule has 0 aliphatic carbocycles. The number of hydrogen-bond acceptors (Lipinski definition) is 2. The van der Waals surface area contributed by atoms with Crippen molar-refractivity contribution in [1.29, 1.82) is 0 Å². The molecular formula is C27H19NO2. The molecule has 5 rings (SSSR count). The zero-order valence-electron chi connectivity index (χ0n) is 16.2. The molecule has 1 amide bonds. The first-order chi connectivity index (χ1) is 14.7. The molecule has 3 nitrogen and oxygen atoms in total. The van der Waals surface area contributed by atoms with Crippen molar-refractivity contribution in [2.45, 2.75) is 0 Å². The number of phenols is 1. The number of benzene rings is 5. The number of amides is 1. The van der Waals surface area contributed by atoms with Crippen LogP contribution in [0.3, 0.4) is 0 Å². The van der Waals surface area contributed by atoms with Crippen LogP contribution in [0.15, 0.2) is 103 Å². The molecule has 0 unspecified atom stereocenters. The zero-order valence-corrected chi connectivity index (χ0v) is 16.2. The van der Waals surface area contributed by atoms with E-state index in [0.29, 0.717) is 11.3 Å². The van der Waals surface area contributed by atoms with Gasteiger partial charge in [-0.3, -0.25) is 4.79 Å². The molecule has 0 spiro atoms. The van der Waals surface area contributed by atoms with Gasteiger partial charge in [-0.05, 0) is 46.0 Å². The third-order valence-electron chi connectivity index (χ3n) is 5.36. The molecule has 0 bridgehead atoms. The molecule has 5 aromatic rings. The van der Waals surface area contributed by atoms with Crippen LogP contribution in [0.2, 0.25) is 0 Å². The number of fused-ring (bicyclic) bond motifs is 2. The maximum atomic E-state index is 13.0. The van der Waals surface area contributed by atoms with Gasteiger partial charge in [-0.1, -0.05) is 78.9 Å². The van der Waals surface area contributed by atoms with Gasteiger partial charge in [0.2, 0.25) is 0 Å². The van der Waals surface area contributed by atoms with Gasteiger partial charge in [0.1, 0.15) is 5.75 Å². The minimum Gasteiger partial charge on any atom is -0.507 e. The van der Waals surface area contributed by atoms with Crippen LogP contribution < -0.4 is 5.32 Å². The largest absolute Gasteiger partial charge is 0.507 e. The highest BCUT2D eigenvalue weighted by atomic mass is 16.3. The Labute approximate surface area is 174 Å². The van der Waals surface area contributed by atoms with Crippen LogP contribution in [-0.4, -0.2) is 11.0 Å². The Morgan fingerprint density at radius 3 is 2.17 bits per heavy atom. The molecule has 2 N–H and O–H groups in total. The first-order valence-electron chi connectivity index (χ1n) is 9.81. The summed E-state index contributed by atoms with van der Waals surface area (Å²) in [5, 5.41) is 17.4. The van der Waals surface area contributed by atoms with Gasteiger partial charge >= 0.3 is 0 Å². The molecule has 5 aromatic carbocycles. The third-order valence-corrected chi connectivity index (χ3v) is 5.36. The normalized spacial score (nSPS) is 10.9. The summed E-state index contributed by atoms with van der Waals surface area (Å²) in [5.41, 5.74) is 3.04. The number of phenolic OH excluding ortho intramolecular Hbond substituents is 1. The van der Waals surface area contributed by atoms with Crippen molar-refractivity contribution in [2.75, 3.05) is 5.32 Å². The van der Waals surface area contributed by atoms with Crippen molar-refractivity contribution in [3.63, 3.8) is 0 Å². The first-order valence-corrected chi connectivity index (χ1v) is 9.81. The molecule has 0 heterocycles. The number of carbonyl (C=O) groups excluding carboxylic acids is 1. The fourth-order valence-corrected chi connectivity index (χ4v) is 3.90. The van der Waals surface area contributed by atoms with E-state index in [1.807, 2.05) is 97.1 Å². The van der Waals surface area contributed by atoms with E-state index in [4.69, 9.17) is 0 Å². The van der Waals surface area contributed by atoms with Gasteiger partial charge in [-0.2, -0.15) is 0 Å². The molecule has 0 fully saturated rings. The van der Waals surface area contributed by atoms with Crippen LogP contribution in [0.5, 0.6) is 5.75 Å². The van der Waals surface area contributed by atoms with Gasteiger partial charge in [0.25, 0.3) is 5.91 Å². The van der Waals surface area contributed by atoms with Crippen molar-refractivity contribution in [2.24, 2.45) is 0 Å². The molecule has 0 aliphatic heterocycles. The van der Waals surface area contributed by atoms with Gasteiger partial charge in [-0.25, -0.2) is 0 Å². The maximum absolute atomic E-state index is 13.0. The van der Waals surface area contributed by atoms with E-state index < -0.39 is 0 Å². The lowest BCUT2D eigenvalue weighted by molar-refractivity contribution is 0.102. The van der Waals surface area contributed by atoms with Crippen LogP contribution >= 0.6 is 0 Å². The van der Waals surface area contributed by atoms with E-state index in [9.17, 15) is 9.90 Å². The number of nitrogens with one attached hydrogen (secondary N) is 1. The minimum atomic E-state index is -0.169. The fourth-order valence-electron chi connectivity index (χ4n) is 3.90. The number of anilines is 1. The van der Waals surface area contributed by atoms with Crippen molar-refractivity contribution >= 4 is 33.1 Å². The van der Waals surface area contributed by atoms with Crippen molar-refractivity contribution < 1.29 is 9.90 Å². The van der Waals surface area contributed by atoms with Crippen LogP contribution in [0, 0.1) is 0 Å². The molecule has 0 aliphatic rings. The topological polar surface area (TPSA) is 49.3 Å². The Morgan fingerprint density at radius 1 is 0.633 bits per heavy atom. The Morgan fingerprint density at radius 2 is 1.30 bits per heavy atom. The summed E-state index contributed by atoms with van der Waals surface area (Å²) >= 11 is 0. The first kappa shape index (κ1) is 18.0. The van der Waals surface area contributed by atoms with E-state index in [2.05, 4.69) is 5.32 Å². The summed E-state index contributed by atoms with van der Waals surface area (Å²) in [6.45, 7) is 0. The summed E-state index contributed by atoms with van der Waals surface area (Å²) in [5.74, 6) is 0.0522. The third kappa shape index (κ3) is 3.16. The van der Waals surface area contributed by atoms with E-state index in [1.54, 1.807) is 6.07 Å². The van der Waals surface area contributed by atoms with E-state index in [0.717, 1.165) is 32.7 Å². The standard InChI is InChI=1S/C27H19NO2/c29-25-14-6-10-19-9-5-12-23(26(19)25)22-11-3-4-13-24(22)28-27(30)21-16-15-18-7-1-2-8-20(18)17-21/h1-17,29H,(H,28,30). The zero-order chi connectivity index (χ0) is 20.5. The molecule has 144 valence electrons. The summed E-state index contributed by atoms with van der Waals surface area (Å²) < 4.78 is 0. The highest BCUT2D eigenvalue weighted by Gasteiger charge is 2.14. The molecule has 0 atom stereocenters. The minimum absolute atomic E-state index is 0.169. The van der Waals surface area contributed by atoms with Crippen LogP contribution in [0.4, 0.5) is 5.69 Å². The van der Waals surface area contributed by atoms with Crippen molar-refractivity contribution in [3.8, 4) is 16.9 Å². The highest BCUT2D eigenvalue weighted by Crippen LogP contribution is 2.38. The smallest absolute Gasteiger partial charge is 0.255 e. The van der Waals surface area contributed by atoms with E-state index in [1.165, 1.54) is 0 Å². The average molecular weight is 389 g/mol. The lowest BCUT2D eigenvalue weighted by Crippen LogP contribution is -2.12. The van der Waals surface area contributed by atoms with Crippen LogP contribution in [-0.2, 0) is 0 Å². The lowest BCUT2D eigenvalue weighted by Gasteiger charge is -2.14. The second kappa shape index (κ2) is 7.37. The SMILES string of the molecule is O=C(Nc1ccccc1-c1cccc2cccc(O)c12)c1ccc2ccccc2c1. The van der Waals surface area contributed by atoms with E-state index in [-0.39, 0.29) is 11.7 Å². The highest BCUT2D eigenvalue weighted by molar-refractivity contribution is 6.10. The number of hydrogen-bond donors (Lipinski definition) is 2. The quantitative estimate of drug-likeness (QED) is 0.364. The number of rotatable bonds is 3. The Balaban J connectivity index is 1.57. The van der Waals surface area contributed by atoms with Gasteiger partial charge in [0, 0.05) is 22.2 Å². The second-order valence-electron chi connectivity index (χ2n) is 7.24. The Bertz CT molecular complexity index is 1400. The summed E-state index contributed by atoms with van der Waals surface area (Å²) in [6, 6.07) is 32.7. The fraction of sp³-hybridized carbons (Fsp3) is 0. The predicted molar refractivity (Wildman–Crippen MR) is 123 cm³/mol. The van der Waals surface area contributed by atoms with Gasteiger partial charge in [0.05, 0.1) is 0 Å². The average Bonchev–Trinajstić information content (AvgIpc) is 2.79.